The van der Waals surface area contributed by atoms with Gasteiger partial charge in [-0.25, -0.2) is 0 Å². The average Bonchev–Trinajstić information content (AvgIpc) is 2.61. The first kappa shape index (κ1) is 9.40. The number of carbonyl (C=O) groups excluding carboxylic acids is 2. The van der Waals surface area contributed by atoms with Crippen LogP contribution < -0.4 is 0 Å². The molecule has 2 heterocycles. The lowest BCUT2D eigenvalue weighted by Crippen LogP contribution is -2.38. The van der Waals surface area contributed by atoms with Gasteiger partial charge >= 0.3 is 0 Å². The summed E-state index contributed by atoms with van der Waals surface area (Å²) in [4.78, 5) is 24.1. The van der Waals surface area contributed by atoms with Crippen LogP contribution in [0.3, 0.4) is 0 Å². The van der Waals surface area contributed by atoms with Crippen molar-refractivity contribution in [3.05, 3.63) is 11.6 Å². The summed E-state index contributed by atoms with van der Waals surface area (Å²) >= 11 is 0. The van der Waals surface area contributed by atoms with Gasteiger partial charge in [0.1, 0.15) is 5.60 Å². The van der Waals surface area contributed by atoms with Crippen LogP contribution >= 0.6 is 0 Å². The van der Waals surface area contributed by atoms with E-state index in [1.165, 1.54) is 11.0 Å². The molecule has 2 aliphatic heterocycles. The van der Waals surface area contributed by atoms with Gasteiger partial charge in [-0.2, -0.15) is 0 Å². The summed E-state index contributed by atoms with van der Waals surface area (Å²) in [6.45, 7) is 5.86. The van der Waals surface area contributed by atoms with E-state index in [2.05, 4.69) is 0 Å². The minimum Gasteiger partial charge on any atom is -0.365 e. The third-order valence-corrected chi connectivity index (χ3v) is 2.91. The van der Waals surface area contributed by atoms with Gasteiger partial charge in [0.25, 0.3) is 11.8 Å². The number of carbonyl (C=O) groups is 2. The van der Waals surface area contributed by atoms with Gasteiger partial charge < -0.3 is 4.74 Å². The number of amides is 2. The van der Waals surface area contributed by atoms with E-state index < -0.39 is 0 Å². The number of nitrogens with zero attached hydrogens (tertiary/aromatic N) is 1. The number of ether oxygens (including phenoxy) is 1. The van der Waals surface area contributed by atoms with Gasteiger partial charge in [-0.1, -0.05) is 0 Å². The van der Waals surface area contributed by atoms with Gasteiger partial charge in [0.05, 0.1) is 12.6 Å². The number of hydrogen-bond donors (Lipinski definition) is 0. The van der Waals surface area contributed by atoms with E-state index in [-0.39, 0.29) is 23.5 Å². The van der Waals surface area contributed by atoms with Crippen LogP contribution in [-0.4, -0.2) is 35.0 Å². The summed E-state index contributed by atoms with van der Waals surface area (Å²) in [5, 5.41) is 0. The summed E-state index contributed by atoms with van der Waals surface area (Å²) in [6.07, 6.45) is 1.50. The Morgan fingerprint density at radius 1 is 1.57 bits per heavy atom. The average molecular weight is 195 g/mol. The monoisotopic (exact) mass is 195 g/mol. The van der Waals surface area contributed by atoms with E-state index in [4.69, 9.17) is 4.74 Å². The lowest BCUT2D eigenvalue weighted by molar-refractivity contribution is -0.138. The molecule has 2 rings (SSSR count). The van der Waals surface area contributed by atoms with Crippen molar-refractivity contribution in [3.8, 4) is 0 Å². The van der Waals surface area contributed by atoms with E-state index in [0.717, 1.165) is 0 Å². The molecule has 2 amide bonds. The fourth-order valence-electron chi connectivity index (χ4n) is 1.64. The highest BCUT2D eigenvalue weighted by atomic mass is 16.6. The molecule has 0 aromatic carbocycles. The second-order valence-electron chi connectivity index (χ2n) is 4.13. The molecule has 0 aromatic rings. The Kier molecular flexibility index (Phi) is 1.79. The lowest BCUT2D eigenvalue weighted by Gasteiger charge is -2.16. The van der Waals surface area contributed by atoms with E-state index >= 15 is 0 Å². The van der Waals surface area contributed by atoms with Crippen molar-refractivity contribution < 1.29 is 14.3 Å². The second-order valence-corrected chi connectivity index (χ2v) is 4.13. The van der Waals surface area contributed by atoms with E-state index in [0.29, 0.717) is 12.1 Å². The molecule has 0 spiro atoms. The maximum Gasteiger partial charge on any atom is 0.256 e. The van der Waals surface area contributed by atoms with Crippen LogP contribution in [0.25, 0.3) is 0 Å². The zero-order valence-electron chi connectivity index (χ0n) is 8.53. The molecule has 0 aromatic heterocycles. The number of imide groups is 1. The smallest absolute Gasteiger partial charge is 0.256 e. The van der Waals surface area contributed by atoms with Gasteiger partial charge in [-0.05, 0) is 20.8 Å². The molecule has 2 atom stereocenters. The molecule has 0 saturated carbocycles. The van der Waals surface area contributed by atoms with E-state index in [1.807, 2.05) is 13.8 Å². The molecule has 2 unspecified atom stereocenters. The van der Waals surface area contributed by atoms with E-state index in [1.54, 1.807) is 6.92 Å². The Balaban J connectivity index is 2.08. The third kappa shape index (κ3) is 1.26. The zero-order valence-corrected chi connectivity index (χ0v) is 8.53. The first-order valence-electron chi connectivity index (χ1n) is 4.66. The number of rotatable bonds is 2. The van der Waals surface area contributed by atoms with Crippen LogP contribution in [0, 0.1) is 0 Å². The molecule has 0 aliphatic carbocycles. The minimum atomic E-state index is -0.330. The van der Waals surface area contributed by atoms with Crippen molar-refractivity contribution in [2.75, 3.05) is 6.54 Å². The highest BCUT2D eigenvalue weighted by Crippen LogP contribution is 2.37. The second kappa shape index (κ2) is 2.67. The van der Waals surface area contributed by atoms with Crippen molar-refractivity contribution >= 4 is 11.8 Å². The predicted molar refractivity (Wildman–Crippen MR) is 49.4 cm³/mol. The van der Waals surface area contributed by atoms with Crippen molar-refractivity contribution in [1.29, 1.82) is 0 Å². The van der Waals surface area contributed by atoms with Gasteiger partial charge in [-0.15, -0.1) is 0 Å². The quantitative estimate of drug-likeness (QED) is 0.475. The van der Waals surface area contributed by atoms with Crippen molar-refractivity contribution in [3.63, 3.8) is 0 Å². The normalized spacial score (nSPS) is 36.4. The van der Waals surface area contributed by atoms with Crippen LogP contribution in [-0.2, 0) is 14.3 Å². The van der Waals surface area contributed by atoms with Gasteiger partial charge in [0.2, 0.25) is 0 Å². The Labute approximate surface area is 82.5 Å². The summed E-state index contributed by atoms with van der Waals surface area (Å²) in [5.74, 6) is -0.421. The fourth-order valence-corrected chi connectivity index (χ4v) is 1.64. The van der Waals surface area contributed by atoms with Gasteiger partial charge in [0, 0.05) is 11.6 Å². The maximum absolute atomic E-state index is 11.5. The lowest BCUT2D eigenvalue weighted by atomic mass is 10.1. The molecule has 1 fully saturated rings. The van der Waals surface area contributed by atoms with Crippen LogP contribution in [0.2, 0.25) is 0 Å². The molecule has 1 saturated heterocycles. The molecule has 0 radical (unpaired) electrons. The number of epoxide rings is 1. The van der Waals surface area contributed by atoms with Crippen molar-refractivity contribution in [2.24, 2.45) is 0 Å². The molecule has 14 heavy (non-hydrogen) atoms. The highest BCUT2D eigenvalue weighted by Gasteiger charge is 2.52. The number of hydrogen-bond acceptors (Lipinski definition) is 3. The summed E-state index contributed by atoms with van der Waals surface area (Å²) in [7, 11) is 0. The van der Waals surface area contributed by atoms with Crippen LogP contribution in [0.4, 0.5) is 0 Å². The largest absolute Gasteiger partial charge is 0.365 e. The summed E-state index contributed by atoms with van der Waals surface area (Å²) in [5.41, 5.74) is 0.177. The SMILES string of the molecule is CC1=CC(=O)N(CC2(C)OC2C)C1=O. The van der Waals surface area contributed by atoms with Gasteiger partial charge in [-0.3, -0.25) is 14.5 Å². The predicted octanol–water partition coefficient (Wildman–Crippen LogP) is 0.479. The molecular weight excluding hydrogens is 182 g/mol. The van der Waals surface area contributed by atoms with Crippen molar-refractivity contribution in [2.45, 2.75) is 32.5 Å². The topological polar surface area (TPSA) is 49.9 Å². The van der Waals surface area contributed by atoms with Crippen LogP contribution in [0.1, 0.15) is 20.8 Å². The molecule has 4 nitrogen and oxygen atoms in total. The molecule has 0 bridgehead atoms. The Morgan fingerprint density at radius 2 is 2.14 bits per heavy atom. The Bertz CT molecular complexity index is 347. The Morgan fingerprint density at radius 3 is 2.50 bits per heavy atom. The first-order chi connectivity index (χ1) is 6.44. The molecule has 2 aliphatic rings. The van der Waals surface area contributed by atoms with Crippen LogP contribution in [0.5, 0.6) is 0 Å². The summed E-state index contributed by atoms with van der Waals surface area (Å²) < 4.78 is 5.33. The summed E-state index contributed by atoms with van der Waals surface area (Å²) in [6, 6.07) is 0. The maximum atomic E-state index is 11.5. The van der Waals surface area contributed by atoms with Crippen LogP contribution in [0.15, 0.2) is 11.6 Å². The molecule has 76 valence electrons. The minimum absolute atomic E-state index is 0.129. The highest BCUT2D eigenvalue weighted by molar-refractivity contribution is 6.15. The van der Waals surface area contributed by atoms with Crippen molar-refractivity contribution in [1.82, 2.24) is 4.90 Å². The molecule has 0 N–H and O–H groups in total. The zero-order chi connectivity index (χ0) is 10.5. The first-order valence-corrected chi connectivity index (χ1v) is 4.66. The van der Waals surface area contributed by atoms with Gasteiger partial charge in [0.15, 0.2) is 0 Å². The standard InChI is InChI=1S/C10H13NO3/c1-6-4-8(12)11(9(6)13)5-10(3)7(2)14-10/h4,7H,5H2,1-3H3. The fraction of sp³-hybridized carbons (Fsp3) is 0.600. The molecular formula is C10H13NO3. The van der Waals surface area contributed by atoms with E-state index in [9.17, 15) is 9.59 Å². The molecule has 4 heteroatoms. The Hall–Kier alpha value is -1.16. The third-order valence-electron chi connectivity index (χ3n) is 2.91.